The van der Waals surface area contributed by atoms with Gasteiger partial charge in [-0.05, 0) is 51.0 Å². The van der Waals surface area contributed by atoms with Crippen molar-refractivity contribution in [2.75, 3.05) is 33.2 Å². The number of aryl methyl sites for hydroxylation is 1. The Bertz CT molecular complexity index is 569. The summed E-state index contributed by atoms with van der Waals surface area (Å²) in [4.78, 5) is 3.44. The van der Waals surface area contributed by atoms with Crippen LogP contribution in [-0.4, -0.2) is 46.5 Å². The van der Waals surface area contributed by atoms with Crippen LogP contribution in [-0.2, 0) is 16.6 Å². The van der Waals surface area contributed by atoms with Gasteiger partial charge in [-0.25, -0.2) is 13.1 Å². The minimum absolute atomic E-state index is 0.426. The first-order chi connectivity index (χ1) is 9.96. The summed E-state index contributed by atoms with van der Waals surface area (Å²) >= 11 is 1.36. The van der Waals surface area contributed by atoms with Crippen LogP contribution in [0.4, 0.5) is 0 Å². The number of nitrogens with zero attached hydrogens (tertiary/aromatic N) is 1. The van der Waals surface area contributed by atoms with Crippen molar-refractivity contribution in [1.29, 1.82) is 0 Å². The zero-order valence-electron chi connectivity index (χ0n) is 13.0. The third-order valence-corrected chi connectivity index (χ3v) is 7.11. The summed E-state index contributed by atoms with van der Waals surface area (Å²) in [6.07, 6.45) is 1.07. The van der Waals surface area contributed by atoms with Crippen molar-refractivity contribution in [2.45, 2.75) is 31.0 Å². The summed E-state index contributed by atoms with van der Waals surface area (Å²) in [5, 5.41) is 3.07. The van der Waals surface area contributed by atoms with Crippen LogP contribution in [0.2, 0.25) is 0 Å². The Labute approximate surface area is 131 Å². The van der Waals surface area contributed by atoms with E-state index in [0.717, 1.165) is 36.5 Å². The van der Waals surface area contributed by atoms with E-state index in [9.17, 15) is 8.42 Å². The van der Waals surface area contributed by atoms with Gasteiger partial charge in [0.15, 0.2) is 0 Å². The van der Waals surface area contributed by atoms with Crippen molar-refractivity contribution in [2.24, 2.45) is 5.92 Å². The maximum Gasteiger partial charge on any atom is 0.250 e. The van der Waals surface area contributed by atoms with E-state index in [2.05, 4.69) is 21.9 Å². The van der Waals surface area contributed by atoms with Gasteiger partial charge < -0.3 is 10.2 Å². The molecule has 0 aromatic carbocycles. The lowest BCUT2D eigenvalue weighted by molar-refractivity contribution is 0.342. The van der Waals surface area contributed by atoms with Crippen molar-refractivity contribution < 1.29 is 8.42 Å². The molecule has 120 valence electrons. The van der Waals surface area contributed by atoms with E-state index in [1.54, 1.807) is 6.07 Å². The van der Waals surface area contributed by atoms with Gasteiger partial charge in [-0.1, -0.05) is 6.92 Å². The zero-order chi connectivity index (χ0) is 15.5. The summed E-state index contributed by atoms with van der Waals surface area (Å²) in [6, 6.07) is 1.77. The molecule has 0 aliphatic carbocycles. The van der Waals surface area contributed by atoms with Crippen LogP contribution < -0.4 is 10.0 Å². The molecule has 1 aliphatic rings. The molecule has 5 nitrogen and oxygen atoms in total. The van der Waals surface area contributed by atoms with Gasteiger partial charge in [0.2, 0.25) is 10.0 Å². The summed E-state index contributed by atoms with van der Waals surface area (Å²) in [7, 11) is -1.50. The van der Waals surface area contributed by atoms with E-state index in [1.165, 1.54) is 11.3 Å². The van der Waals surface area contributed by atoms with Crippen molar-refractivity contribution in [1.82, 2.24) is 14.9 Å². The summed E-state index contributed by atoms with van der Waals surface area (Å²) < 4.78 is 28.0. The maximum absolute atomic E-state index is 12.4. The molecule has 2 rings (SSSR count). The van der Waals surface area contributed by atoms with Gasteiger partial charge in [0, 0.05) is 24.5 Å². The average Bonchev–Trinajstić information content (AvgIpc) is 3.05. The van der Waals surface area contributed by atoms with Crippen LogP contribution in [0.15, 0.2) is 10.3 Å². The molecule has 1 unspecified atom stereocenters. The molecule has 1 fully saturated rings. The fourth-order valence-corrected chi connectivity index (χ4v) is 5.38. The van der Waals surface area contributed by atoms with Crippen LogP contribution in [0.3, 0.4) is 0 Å². The van der Waals surface area contributed by atoms with E-state index in [-0.39, 0.29) is 0 Å². The topological polar surface area (TPSA) is 61.4 Å². The lowest BCUT2D eigenvalue weighted by atomic mass is 10.1. The Morgan fingerprint density at radius 2 is 2.24 bits per heavy atom. The lowest BCUT2D eigenvalue weighted by Crippen LogP contribution is -2.30. The molecule has 1 aromatic heterocycles. The van der Waals surface area contributed by atoms with Crippen LogP contribution >= 0.6 is 11.3 Å². The second kappa shape index (κ2) is 7.19. The number of sulfonamides is 1. The molecule has 0 bridgehead atoms. The number of hydrogen-bond acceptors (Lipinski definition) is 5. The van der Waals surface area contributed by atoms with Gasteiger partial charge >= 0.3 is 0 Å². The smallest absolute Gasteiger partial charge is 0.250 e. The highest BCUT2D eigenvalue weighted by atomic mass is 32.2. The van der Waals surface area contributed by atoms with Gasteiger partial charge in [0.1, 0.15) is 4.21 Å². The molecule has 0 amide bonds. The number of hydrogen-bond donors (Lipinski definition) is 2. The Kier molecular flexibility index (Phi) is 5.79. The molecule has 1 saturated heterocycles. The second-order valence-corrected chi connectivity index (χ2v) is 8.73. The van der Waals surface area contributed by atoms with Crippen LogP contribution in [0.1, 0.15) is 23.8 Å². The zero-order valence-corrected chi connectivity index (χ0v) is 14.6. The van der Waals surface area contributed by atoms with Crippen LogP contribution in [0.5, 0.6) is 0 Å². The second-order valence-electron chi connectivity index (χ2n) is 5.60. The summed E-state index contributed by atoms with van der Waals surface area (Å²) in [5.74, 6) is 0.428. The Morgan fingerprint density at radius 3 is 2.86 bits per heavy atom. The van der Waals surface area contributed by atoms with E-state index in [1.807, 2.05) is 14.0 Å². The van der Waals surface area contributed by atoms with Crippen LogP contribution in [0.25, 0.3) is 0 Å². The lowest BCUT2D eigenvalue weighted by Gasteiger charge is -2.13. The van der Waals surface area contributed by atoms with Crippen molar-refractivity contribution in [3.8, 4) is 0 Å². The molecule has 0 saturated carbocycles. The standard InChI is InChI=1S/C14H25N3O2S2/c1-4-17-6-5-12(10-17)8-16-21(18,19)14-7-11(2)13(20-14)9-15-3/h7,12,15-16H,4-6,8-10H2,1-3H3. The monoisotopic (exact) mass is 331 g/mol. The number of nitrogens with one attached hydrogen (secondary N) is 2. The molecular formula is C14H25N3O2S2. The Hall–Kier alpha value is -0.470. The minimum Gasteiger partial charge on any atom is -0.315 e. The van der Waals surface area contributed by atoms with Gasteiger partial charge in [0.25, 0.3) is 0 Å². The number of likely N-dealkylation sites (tertiary alicyclic amines) is 1. The van der Waals surface area contributed by atoms with Crippen molar-refractivity contribution in [3.05, 3.63) is 16.5 Å². The van der Waals surface area contributed by atoms with E-state index in [4.69, 9.17) is 0 Å². The highest BCUT2D eigenvalue weighted by Crippen LogP contribution is 2.26. The third-order valence-electron chi connectivity index (χ3n) is 3.98. The summed E-state index contributed by atoms with van der Waals surface area (Å²) in [5.41, 5.74) is 1.03. The first kappa shape index (κ1) is 16.9. The normalized spacial score (nSPS) is 20.2. The van der Waals surface area contributed by atoms with Crippen molar-refractivity contribution >= 4 is 21.4 Å². The first-order valence-corrected chi connectivity index (χ1v) is 9.72. The van der Waals surface area contributed by atoms with Crippen LogP contribution in [0, 0.1) is 12.8 Å². The summed E-state index contributed by atoms with van der Waals surface area (Å²) in [6.45, 7) is 8.46. The fraction of sp³-hybridized carbons (Fsp3) is 0.714. The highest BCUT2D eigenvalue weighted by molar-refractivity contribution is 7.91. The van der Waals surface area contributed by atoms with E-state index in [0.29, 0.717) is 23.2 Å². The van der Waals surface area contributed by atoms with Crippen molar-refractivity contribution in [3.63, 3.8) is 0 Å². The molecule has 0 radical (unpaired) electrons. The number of thiophene rings is 1. The van der Waals surface area contributed by atoms with Gasteiger partial charge in [0.05, 0.1) is 0 Å². The molecule has 2 heterocycles. The molecule has 2 N–H and O–H groups in total. The van der Waals surface area contributed by atoms with Gasteiger partial charge in [-0.15, -0.1) is 11.3 Å². The first-order valence-electron chi connectivity index (χ1n) is 7.42. The number of rotatable bonds is 7. The highest BCUT2D eigenvalue weighted by Gasteiger charge is 2.24. The molecule has 1 aliphatic heterocycles. The largest absolute Gasteiger partial charge is 0.315 e. The predicted molar refractivity (Wildman–Crippen MR) is 87.2 cm³/mol. The fourth-order valence-electron chi connectivity index (χ4n) is 2.62. The molecule has 1 atom stereocenters. The predicted octanol–water partition coefficient (Wildman–Crippen LogP) is 1.40. The van der Waals surface area contributed by atoms with Gasteiger partial charge in [-0.3, -0.25) is 0 Å². The van der Waals surface area contributed by atoms with E-state index < -0.39 is 10.0 Å². The Balaban J connectivity index is 1.97. The quantitative estimate of drug-likeness (QED) is 0.793. The third kappa shape index (κ3) is 4.26. The minimum atomic E-state index is -3.37. The SMILES string of the molecule is CCN1CCC(CNS(=O)(=O)c2cc(C)c(CNC)s2)C1. The molecule has 21 heavy (non-hydrogen) atoms. The molecule has 7 heteroatoms. The van der Waals surface area contributed by atoms with Gasteiger partial charge in [-0.2, -0.15) is 0 Å². The molecule has 0 spiro atoms. The average molecular weight is 332 g/mol. The maximum atomic E-state index is 12.4. The molecular weight excluding hydrogens is 306 g/mol. The Morgan fingerprint density at radius 1 is 1.48 bits per heavy atom. The molecule has 1 aromatic rings. The van der Waals surface area contributed by atoms with E-state index >= 15 is 0 Å².